The molecule has 0 bridgehead atoms. The van der Waals surface area contributed by atoms with Gasteiger partial charge in [0.05, 0.1) is 16.5 Å². The number of amides is 1. The summed E-state index contributed by atoms with van der Waals surface area (Å²) in [6.45, 7) is 6.59. The van der Waals surface area contributed by atoms with E-state index in [-0.39, 0.29) is 22.8 Å². The molecule has 0 spiro atoms. The third-order valence-corrected chi connectivity index (χ3v) is 8.70. The third kappa shape index (κ3) is 4.48. The summed E-state index contributed by atoms with van der Waals surface area (Å²) in [4.78, 5) is 15.1. The summed E-state index contributed by atoms with van der Waals surface area (Å²) in [5.74, 6) is 0.143. The van der Waals surface area contributed by atoms with Crippen molar-refractivity contribution < 1.29 is 13.2 Å². The van der Waals surface area contributed by atoms with Gasteiger partial charge in [0, 0.05) is 32.1 Å². The molecular formula is C22H33N5O3S. The molecule has 2 fully saturated rings. The van der Waals surface area contributed by atoms with Gasteiger partial charge in [-0.25, -0.2) is 13.1 Å². The third-order valence-electron chi connectivity index (χ3n) is 6.81. The van der Waals surface area contributed by atoms with E-state index in [2.05, 4.69) is 24.2 Å². The van der Waals surface area contributed by atoms with Crippen LogP contribution >= 0.6 is 0 Å². The lowest BCUT2D eigenvalue weighted by Gasteiger charge is -2.33. The number of fused-ring (bicyclic) bond motifs is 1. The first-order valence-corrected chi connectivity index (χ1v) is 13.0. The monoisotopic (exact) mass is 447 g/mol. The number of sulfonamides is 1. The molecule has 0 radical (unpaired) electrons. The van der Waals surface area contributed by atoms with Crippen LogP contribution in [0.1, 0.15) is 64.8 Å². The highest BCUT2D eigenvalue weighted by molar-refractivity contribution is 7.89. The Kier molecular flexibility index (Phi) is 6.62. The Hall–Kier alpha value is -2.00. The van der Waals surface area contributed by atoms with Crippen molar-refractivity contribution in [1.82, 2.24) is 24.2 Å². The molecule has 1 atom stereocenters. The van der Waals surface area contributed by atoms with Gasteiger partial charge in [0.2, 0.25) is 15.9 Å². The molecule has 1 aromatic heterocycles. The van der Waals surface area contributed by atoms with E-state index in [0.717, 1.165) is 37.9 Å². The van der Waals surface area contributed by atoms with E-state index in [4.69, 9.17) is 0 Å². The van der Waals surface area contributed by atoms with E-state index in [1.165, 1.54) is 17.1 Å². The maximum atomic E-state index is 13.2. The second-order valence-electron chi connectivity index (χ2n) is 8.86. The molecule has 2 aromatic rings. The van der Waals surface area contributed by atoms with Crippen LogP contribution in [0.4, 0.5) is 0 Å². The quantitative estimate of drug-likeness (QED) is 0.702. The van der Waals surface area contributed by atoms with Crippen molar-refractivity contribution in [2.45, 2.75) is 69.7 Å². The van der Waals surface area contributed by atoms with Gasteiger partial charge in [0.15, 0.2) is 0 Å². The predicted molar refractivity (Wildman–Crippen MR) is 119 cm³/mol. The fourth-order valence-corrected chi connectivity index (χ4v) is 6.11. The number of carbonyl (C=O) groups is 1. The number of benzene rings is 1. The summed E-state index contributed by atoms with van der Waals surface area (Å²) in [5, 5.41) is 8.38. The zero-order valence-electron chi connectivity index (χ0n) is 18.5. The van der Waals surface area contributed by atoms with Crippen LogP contribution in [0.15, 0.2) is 23.1 Å². The maximum Gasteiger partial charge on any atom is 0.243 e. The molecule has 0 aliphatic carbocycles. The lowest BCUT2D eigenvalue weighted by Crippen LogP contribution is -2.44. The molecule has 9 heteroatoms. The molecule has 4 rings (SSSR count). The summed E-state index contributed by atoms with van der Waals surface area (Å²) >= 11 is 0. The average Bonchev–Trinajstić information content (AvgIpc) is 3.02. The summed E-state index contributed by atoms with van der Waals surface area (Å²) in [7, 11) is -3.62. The maximum absolute atomic E-state index is 13.2. The second-order valence-corrected chi connectivity index (χ2v) is 10.8. The SMILES string of the molecule is CCC(C)n1nnc2cc(S(=O)(=O)N3CCC(C(=O)N4CCCCCC4)CC3)ccc21. The summed E-state index contributed by atoms with van der Waals surface area (Å²) in [5.41, 5.74) is 1.43. The number of piperidine rings is 1. The van der Waals surface area contributed by atoms with Gasteiger partial charge in [-0.3, -0.25) is 4.79 Å². The molecule has 31 heavy (non-hydrogen) atoms. The van der Waals surface area contributed by atoms with E-state index in [1.54, 1.807) is 18.2 Å². The Bertz CT molecular complexity index is 1020. The molecule has 170 valence electrons. The van der Waals surface area contributed by atoms with Gasteiger partial charge in [-0.15, -0.1) is 5.10 Å². The molecule has 8 nitrogen and oxygen atoms in total. The van der Waals surface area contributed by atoms with E-state index in [0.29, 0.717) is 31.4 Å². The van der Waals surface area contributed by atoms with Crippen LogP contribution in [0, 0.1) is 5.92 Å². The van der Waals surface area contributed by atoms with Gasteiger partial charge in [0.1, 0.15) is 5.52 Å². The summed E-state index contributed by atoms with van der Waals surface area (Å²) in [6, 6.07) is 5.26. The summed E-state index contributed by atoms with van der Waals surface area (Å²) < 4.78 is 29.8. The number of likely N-dealkylation sites (tertiary alicyclic amines) is 1. The Balaban J connectivity index is 1.44. The first-order chi connectivity index (χ1) is 14.9. The zero-order chi connectivity index (χ0) is 22.0. The van der Waals surface area contributed by atoms with Crippen LogP contribution in [-0.2, 0) is 14.8 Å². The van der Waals surface area contributed by atoms with Crippen LogP contribution in [0.3, 0.4) is 0 Å². The van der Waals surface area contributed by atoms with Gasteiger partial charge in [-0.2, -0.15) is 4.31 Å². The molecule has 0 N–H and O–H groups in total. The van der Waals surface area contributed by atoms with Crippen molar-refractivity contribution in [1.29, 1.82) is 0 Å². The Morgan fingerprint density at radius 1 is 1.10 bits per heavy atom. The van der Waals surface area contributed by atoms with Crippen molar-refractivity contribution >= 4 is 27.0 Å². The minimum Gasteiger partial charge on any atom is -0.342 e. The Labute approximate surface area is 184 Å². The van der Waals surface area contributed by atoms with Gasteiger partial charge in [0.25, 0.3) is 0 Å². The topological polar surface area (TPSA) is 88.4 Å². The fraction of sp³-hybridized carbons (Fsp3) is 0.682. The van der Waals surface area contributed by atoms with Crippen LogP contribution in [0.25, 0.3) is 11.0 Å². The molecule has 0 saturated carbocycles. The number of rotatable bonds is 5. The van der Waals surface area contributed by atoms with E-state index in [1.807, 2.05) is 9.58 Å². The highest BCUT2D eigenvalue weighted by atomic mass is 32.2. The highest BCUT2D eigenvalue weighted by Crippen LogP contribution is 2.28. The lowest BCUT2D eigenvalue weighted by molar-refractivity contribution is -0.136. The van der Waals surface area contributed by atoms with Crippen molar-refractivity contribution in [3.63, 3.8) is 0 Å². The molecule has 2 saturated heterocycles. The van der Waals surface area contributed by atoms with Crippen LogP contribution in [-0.4, -0.2) is 64.7 Å². The van der Waals surface area contributed by atoms with E-state index >= 15 is 0 Å². The summed E-state index contributed by atoms with van der Waals surface area (Å²) in [6.07, 6.45) is 6.61. The van der Waals surface area contributed by atoms with Gasteiger partial charge >= 0.3 is 0 Å². The number of carbonyl (C=O) groups excluding carboxylic acids is 1. The van der Waals surface area contributed by atoms with Crippen molar-refractivity contribution in [3.05, 3.63) is 18.2 Å². The van der Waals surface area contributed by atoms with Gasteiger partial charge in [-0.05, 0) is 57.2 Å². The van der Waals surface area contributed by atoms with E-state index < -0.39 is 10.0 Å². The first kappa shape index (κ1) is 22.2. The Morgan fingerprint density at radius 3 is 2.42 bits per heavy atom. The number of nitrogens with zero attached hydrogens (tertiary/aromatic N) is 5. The van der Waals surface area contributed by atoms with Crippen LogP contribution < -0.4 is 0 Å². The minimum absolute atomic E-state index is 0.0672. The van der Waals surface area contributed by atoms with Crippen molar-refractivity contribution in [2.24, 2.45) is 5.92 Å². The van der Waals surface area contributed by atoms with Gasteiger partial charge < -0.3 is 4.90 Å². The highest BCUT2D eigenvalue weighted by Gasteiger charge is 2.34. The minimum atomic E-state index is -3.62. The van der Waals surface area contributed by atoms with Crippen LogP contribution in [0.2, 0.25) is 0 Å². The normalized spacial score (nSPS) is 20.6. The van der Waals surface area contributed by atoms with Gasteiger partial charge in [-0.1, -0.05) is 25.0 Å². The smallest absolute Gasteiger partial charge is 0.243 e. The molecule has 2 aliphatic rings. The molecule has 1 aromatic carbocycles. The predicted octanol–water partition coefficient (Wildman–Crippen LogP) is 3.21. The largest absolute Gasteiger partial charge is 0.342 e. The first-order valence-electron chi connectivity index (χ1n) is 11.6. The lowest BCUT2D eigenvalue weighted by atomic mass is 9.96. The molecular weight excluding hydrogens is 414 g/mol. The fourth-order valence-electron chi connectivity index (χ4n) is 4.62. The van der Waals surface area contributed by atoms with Crippen LogP contribution in [0.5, 0.6) is 0 Å². The number of hydrogen-bond acceptors (Lipinski definition) is 5. The number of aromatic nitrogens is 3. The molecule has 1 unspecified atom stereocenters. The van der Waals surface area contributed by atoms with Crippen molar-refractivity contribution in [3.8, 4) is 0 Å². The zero-order valence-corrected chi connectivity index (χ0v) is 19.4. The second kappa shape index (κ2) is 9.24. The standard InChI is InChI=1S/C22H33N5O3S/c1-3-17(2)27-21-9-8-19(16-20(21)23-24-27)31(29,30)26-14-10-18(11-15-26)22(28)25-12-6-4-5-7-13-25/h8-9,16-18H,3-7,10-15H2,1-2H3. The average molecular weight is 448 g/mol. The molecule has 2 aliphatic heterocycles. The Morgan fingerprint density at radius 2 is 1.77 bits per heavy atom. The van der Waals surface area contributed by atoms with Crippen molar-refractivity contribution in [2.75, 3.05) is 26.2 Å². The molecule has 3 heterocycles. The van der Waals surface area contributed by atoms with E-state index in [9.17, 15) is 13.2 Å². The number of hydrogen-bond donors (Lipinski definition) is 0. The molecule has 1 amide bonds.